The molecule has 0 atom stereocenters. The monoisotopic (exact) mass is 489 g/mol. The lowest BCUT2D eigenvalue weighted by molar-refractivity contribution is 0.0730. The van der Waals surface area contributed by atoms with E-state index in [0.717, 1.165) is 37.4 Å². The van der Waals surface area contributed by atoms with Gasteiger partial charge in [0.15, 0.2) is 0 Å². The van der Waals surface area contributed by atoms with Gasteiger partial charge in [-0.2, -0.15) is 4.31 Å². The molecule has 0 bridgehead atoms. The van der Waals surface area contributed by atoms with Crippen LogP contribution >= 0.6 is 0 Å². The van der Waals surface area contributed by atoms with E-state index in [9.17, 15) is 13.2 Å². The van der Waals surface area contributed by atoms with Crippen LogP contribution in [0.4, 0.5) is 5.69 Å². The maximum Gasteiger partial charge on any atom is 0.255 e. The van der Waals surface area contributed by atoms with E-state index in [1.165, 1.54) is 29.6 Å². The molecule has 0 saturated carbocycles. The fourth-order valence-corrected chi connectivity index (χ4v) is 5.73. The summed E-state index contributed by atoms with van der Waals surface area (Å²) in [4.78, 5) is 15.5. The highest BCUT2D eigenvalue weighted by Gasteiger charge is 2.29. The Labute approximate surface area is 200 Å². The van der Waals surface area contributed by atoms with Gasteiger partial charge in [0, 0.05) is 37.9 Å². The van der Waals surface area contributed by atoms with Gasteiger partial charge in [0.05, 0.1) is 37.9 Å². The van der Waals surface area contributed by atoms with E-state index in [2.05, 4.69) is 10.2 Å². The van der Waals surface area contributed by atoms with Crippen molar-refractivity contribution in [1.82, 2.24) is 9.62 Å². The fraction of sp³-hybridized carbons (Fsp3) is 0.458. The lowest BCUT2D eigenvalue weighted by Crippen LogP contribution is -2.44. The van der Waals surface area contributed by atoms with E-state index in [1.807, 2.05) is 24.3 Å². The van der Waals surface area contributed by atoms with Gasteiger partial charge in [-0.15, -0.1) is 0 Å². The molecule has 4 rings (SSSR count). The van der Waals surface area contributed by atoms with Crippen LogP contribution in [0.5, 0.6) is 11.5 Å². The van der Waals surface area contributed by atoms with E-state index in [0.29, 0.717) is 32.1 Å². The largest absolute Gasteiger partial charge is 0.497 e. The highest BCUT2D eigenvalue weighted by molar-refractivity contribution is 7.89. The summed E-state index contributed by atoms with van der Waals surface area (Å²) in [5, 5.41) is 3.06. The number of hydrogen-bond acceptors (Lipinski definition) is 7. The normalized spacial score (nSPS) is 17.9. The average Bonchev–Trinajstić information content (AvgIpc) is 2.89. The third-order valence-corrected chi connectivity index (χ3v) is 8.19. The van der Waals surface area contributed by atoms with Crippen molar-refractivity contribution in [1.29, 1.82) is 0 Å². The molecule has 184 valence electrons. The summed E-state index contributed by atoms with van der Waals surface area (Å²) in [5.74, 6) is 0.825. The third-order valence-electron chi connectivity index (χ3n) is 6.29. The number of piperidine rings is 1. The van der Waals surface area contributed by atoms with Gasteiger partial charge < -0.3 is 24.4 Å². The van der Waals surface area contributed by atoms with E-state index < -0.39 is 10.0 Å². The van der Waals surface area contributed by atoms with Crippen molar-refractivity contribution in [3.8, 4) is 11.5 Å². The number of carbonyl (C=O) groups is 1. The summed E-state index contributed by atoms with van der Waals surface area (Å²) in [6, 6.07) is 12.4. The number of nitrogens with one attached hydrogen (secondary N) is 1. The maximum atomic E-state index is 13.1. The number of nitrogens with zero attached hydrogens (tertiary/aromatic N) is 2. The van der Waals surface area contributed by atoms with Crippen LogP contribution in [0.25, 0.3) is 0 Å². The minimum absolute atomic E-state index is 0.00814. The van der Waals surface area contributed by atoms with Gasteiger partial charge >= 0.3 is 0 Å². The van der Waals surface area contributed by atoms with Crippen molar-refractivity contribution >= 4 is 21.6 Å². The standard InChI is InChI=1S/C24H31N3O6S/c1-31-20-5-3-19(4-6-20)26-11-9-18(10-12-26)25-24(28)22-17-21(7-8-23(22)32-2)34(29,30)27-13-15-33-16-14-27/h3-8,17-18H,9-16H2,1-2H3,(H,25,28). The molecule has 2 aliphatic heterocycles. The summed E-state index contributed by atoms with van der Waals surface area (Å²) in [6.07, 6.45) is 1.57. The van der Waals surface area contributed by atoms with Gasteiger partial charge in [0.2, 0.25) is 10.0 Å². The number of morpholine rings is 1. The van der Waals surface area contributed by atoms with Crippen LogP contribution in [0.1, 0.15) is 23.2 Å². The zero-order valence-corrected chi connectivity index (χ0v) is 20.3. The molecule has 0 aliphatic carbocycles. The van der Waals surface area contributed by atoms with E-state index >= 15 is 0 Å². The molecule has 0 aromatic heterocycles. The van der Waals surface area contributed by atoms with Crippen molar-refractivity contribution in [2.45, 2.75) is 23.8 Å². The SMILES string of the molecule is COc1ccc(N2CCC(NC(=O)c3cc(S(=O)(=O)N4CCOCC4)ccc3OC)CC2)cc1. The molecular weight excluding hydrogens is 458 g/mol. The summed E-state index contributed by atoms with van der Waals surface area (Å²) >= 11 is 0. The van der Waals surface area contributed by atoms with E-state index in [-0.39, 0.29) is 22.4 Å². The Morgan fingerprint density at radius 2 is 1.65 bits per heavy atom. The predicted molar refractivity (Wildman–Crippen MR) is 128 cm³/mol. The first kappa shape index (κ1) is 24.3. The zero-order valence-electron chi connectivity index (χ0n) is 19.5. The molecule has 0 spiro atoms. The zero-order chi connectivity index (χ0) is 24.1. The molecule has 1 amide bonds. The smallest absolute Gasteiger partial charge is 0.255 e. The van der Waals surface area contributed by atoms with Gasteiger partial charge in [-0.3, -0.25) is 4.79 Å². The van der Waals surface area contributed by atoms with E-state index in [1.54, 1.807) is 7.11 Å². The third kappa shape index (κ3) is 5.29. The molecule has 34 heavy (non-hydrogen) atoms. The number of methoxy groups -OCH3 is 2. The molecular formula is C24H31N3O6S. The van der Waals surface area contributed by atoms with Crippen LogP contribution in [0.3, 0.4) is 0 Å². The first-order chi connectivity index (χ1) is 16.4. The molecule has 2 saturated heterocycles. The van der Waals surface area contributed by atoms with Crippen LogP contribution < -0.4 is 19.7 Å². The first-order valence-electron chi connectivity index (χ1n) is 11.4. The Kier molecular flexibility index (Phi) is 7.60. The van der Waals surface area contributed by atoms with Crippen LogP contribution in [0, 0.1) is 0 Å². The Balaban J connectivity index is 1.43. The van der Waals surface area contributed by atoms with Crippen LogP contribution in [-0.4, -0.2) is 78.3 Å². The molecule has 2 aromatic rings. The highest BCUT2D eigenvalue weighted by atomic mass is 32.2. The van der Waals surface area contributed by atoms with Crippen molar-refractivity contribution in [3.63, 3.8) is 0 Å². The maximum absolute atomic E-state index is 13.1. The number of sulfonamides is 1. The fourth-order valence-electron chi connectivity index (χ4n) is 4.30. The minimum Gasteiger partial charge on any atom is -0.497 e. The lowest BCUT2D eigenvalue weighted by atomic mass is 10.0. The molecule has 2 heterocycles. The van der Waals surface area contributed by atoms with Crippen molar-refractivity contribution in [3.05, 3.63) is 48.0 Å². The minimum atomic E-state index is -3.72. The van der Waals surface area contributed by atoms with Gasteiger partial charge in [-0.25, -0.2) is 8.42 Å². The number of anilines is 1. The Hall–Kier alpha value is -2.82. The average molecular weight is 490 g/mol. The molecule has 2 aromatic carbocycles. The number of hydrogen-bond donors (Lipinski definition) is 1. The van der Waals surface area contributed by atoms with Gasteiger partial charge in [0.25, 0.3) is 5.91 Å². The molecule has 0 unspecified atom stereocenters. The second-order valence-corrected chi connectivity index (χ2v) is 10.2. The molecule has 1 N–H and O–H groups in total. The first-order valence-corrected chi connectivity index (χ1v) is 12.8. The van der Waals surface area contributed by atoms with Crippen molar-refractivity contribution in [2.24, 2.45) is 0 Å². The molecule has 0 radical (unpaired) electrons. The van der Waals surface area contributed by atoms with Crippen molar-refractivity contribution in [2.75, 3.05) is 58.5 Å². The second-order valence-electron chi connectivity index (χ2n) is 8.31. The highest BCUT2D eigenvalue weighted by Crippen LogP contribution is 2.27. The Bertz CT molecular complexity index is 1090. The van der Waals surface area contributed by atoms with Crippen LogP contribution in [0.15, 0.2) is 47.4 Å². The van der Waals surface area contributed by atoms with Crippen molar-refractivity contribution < 1.29 is 27.4 Å². The van der Waals surface area contributed by atoms with Gasteiger partial charge in [0.1, 0.15) is 11.5 Å². The Morgan fingerprint density at radius 1 is 0.971 bits per heavy atom. The molecule has 2 fully saturated rings. The van der Waals surface area contributed by atoms with Crippen LogP contribution in [0.2, 0.25) is 0 Å². The summed E-state index contributed by atoms with van der Waals surface area (Å²) in [5.41, 5.74) is 1.34. The van der Waals surface area contributed by atoms with Gasteiger partial charge in [-0.1, -0.05) is 0 Å². The summed E-state index contributed by atoms with van der Waals surface area (Å²) in [7, 11) is -0.604. The van der Waals surface area contributed by atoms with Crippen LogP contribution in [-0.2, 0) is 14.8 Å². The topological polar surface area (TPSA) is 97.4 Å². The lowest BCUT2D eigenvalue weighted by Gasteiger charge is -2.34. The quantitative estimate of drug-likeness (QED) is 0.636. The number of amides is 1. The van der Waals surface area contributed by atoms with Gasteiger partial charge in [-0.05, 0) is 55.3 Å². The molecule has 9 nitrogen and oxygen atoms in total. The number of ether oxygens (including phenoxy) is 3. The number of rotatable bonds is 7. The molecule has 2 aliphatic rings. The van der Waals surface area contributed by atoms with E-state index in [4.69, 9.17) is 14.2 Å². The second kappa shape index (κ2) is 10.6. The summed E-state index contributed by atoms with van der Waals surface area (Å²) in [6.45, 7) is 2.92. The Morgan fingerprint density at radius 3 is 2.26 bits per heavy atom. The number of benzene rings is 2. The summed E-state index contributed by atoms with van der Waals surface area (Å²) < 4.78 is 43.3. The predicted octanol–water partition coefficient (Wildman–Crippen LogP) is 2.12. The molecule has 10 heteroatoms. The number of carbonyl (C=O) groups excluding carboxylic acids is 1.